The lowest BCUT2D eigenvalue weighted by Gasteiger charge is -2.22. The highest BCUT2D eigenvalue weighted by molar-refractivity contribution is 6.31. The summed E-state index contributed by atoms with van der Waals surface area (Å²) in [6, 6.07) is 5.56. The van der Waals surface area contributed by atoms with Gasteiger partial charge in [-0.2, -0.15) is 0 Å². The van der Waals surface area contributed by atoms with Gasteiger partial charge in [-0.1, -0.05) is 11.6 Å². The molecule has 2 N–H and O–H groups in total. The summed E-state index contributed by atoms with van der Waals surface area (Å²) < 4.78 is 0. The average Bonchev–Trinajstić information content (AvgIpc) is 2.13. The molecule has 1 rings (SSSR count). The van der Waals surface area contributed by atoms with Crippen LogP contribution in [0.15, 0.2) is 18.2 Å². The summed E-state index contributed by atoms with van der Waals surface area (Å²) in [6.45, 7) is 6.09. The van der Waals surface area contributed by atoms with Gasteiger partial charge in [0.2, 0.25) is 0 Å². The number of halogens is 1. The quantitative estimate of drug-likeness (QED) is 0.757. The van der Waals surface area contributed by atoms with Gasteiger partial charge in [-0.3, -0.25) is 0 Å². The van der Waals surface area contributed by atoms with Crippen molar-refractivity contribution in [2.24, 2.45) is 0 Å². The van der Waals surface area contributed by atoms with Crippen molar-refractivity contribution < 1.29 is 0 Å². The number of nitrogen functional groups attached to an aromatic ring is 1. The number of nitrogens with zero attached hydrogens (tertiary/aromatic N) is 1. The van der Waals surface area contributed by atoms with Gasteiger partial charge >= 0.3 is 0 Å². The molecule has 0 saturated carbocycles. The maximum absolute atomic E-state index is 5.89. The first kappa shape index (κ1) is 10.2. The number of benzene rings is 1. The Labute approximate surface area is 84.3 Å². The molecule has 3 heteroatoms. The van der Waals surface area contributed by atoms with Crippen molar-refractivity contribution in [1.82, 2.24) is 0 Å². The molecular formula is C10H15ClN2. The summed E-state index contributed by atoms with van der Waals surface area (Å²) in [7, 11) is 0. The monoisotopic (exact) mass is 198 g/mol. The summed E-state index contributed by atoms with van der Waals surface area (Å²) in [5.41, 5.74) is 7.65. The zero-order chi connectivity index (χ0) is 9.84. The largest absolute Gasteiger partial charge is 0.397 e. The minimum atomic E-state index is 0.733. The number of hydrogen-bond acceptors (Lipinski definition) is 2. The van der Waals surface area contributed by atoms with Crippen molar-refractivity contribution in [3.05, 3.63) is 23.2 Å². The van der Waals surface area contributed by atoms with Gasteiger partial charge in [0.05, 0.1) is 11.4 Å². The molecule has 0 aliphatic carbocycles. The molecule has 0 heterocycles. The van der Waals surface area contributed by atoms with E-state index in [0.717, 1.165) is 29.5 Å². The van der Waals surface area contributed by atoms with Gasteiger partial charge < -0.3 is 10.6 Å². The fraction of sp³-hybridized carbons (Fsp3) is 0.400. The first-order valence-corrected chi connectivity index (χ1v) is 4.86. The minimum absolute atomic E-state index is 0.733. The van der Waals surface area contributed by atoms with E-state index in [1.165, 1.54) is 0 Å². The van der Waals surface area contributed by atoms with E-state index in [2.05, 4.69) is 18.7 Å². The smallest absolute Gasteiger partial charge is 0.0614 e. The summed E-state index contributed by atoms with van der Waals surface area (Å²) in [5.74, 6) is 0. The van der Waals surface area contributed by atoms with Crippen LogP contribution in [-0.2, 0) is 0 Å². The molecule has 72 valence electrons. The van der Waals surface area contributed by atoms with E-state index in [-0.39, 0.29) is 0 Å². The lowest BCUT2D eigenvalue weighted by molar-refractivity contribution is 0.868. The molecule has 0 aliphatic heterocycles. The Bertz CT molecular complexity index is 282. The van der Waals surface area contributed by atoms with Crippen LogP contribution in [0.25, 0.3) is 0 Å². The molecule has 13 heavy (non-hydrogen) atoms. The minimum Gasteiger partial charge on any atom is -0.397 e. The van der Waals surface area contributed by atoms with Gasteiger partial charge in [0.1, 0.15) is 0 Å². The fourth-order valence-electron chi connectivity index (χ4n) is 1.35. The third kappa shape index (κ3) is 2.28. The van der Waals surface area contributed by atoms with Crippen LogP contribution in [0.3, 0.4) is 0 Å². The van der Waals surface area contributed by atoms with Crippen LogP contribution in [0.5, 0.6) is 0 Å². The predicted octanol–water partition coefficient (Wildman–Crippen LogP) is 2.77. The van der Waals surface area contributed by atoms with Gasteiger partial charge in [0, 0.05) is 18.1 Å². The van der Waals surface area contributed by atoms with Gasteiger partial charge in [-0.05, 0) is 32.0 Å². The Balaban J connectivity index is 3.03. The second-order valence-electron chi connectivity index (χ2n) is 2.88. The predicted molar refractivity (Wildman–Crippen MR) is 59.4 cm³/mol. The summed E-state index contributed by atoms with van der Waals surface area (Å²) in [6.07, 6.45) is 0. The van der Waals surface area contributed by atoms with Crippen molar-refractivity contribution in [2.45, 2.75) is 13.8 Å². The highest BCUT2D eigenvalue weighted by atomic mass is 35.5. The van der Waals surface area contributed by atoms with Gasteiger partial charge in [-0.15, -0.1) is 0 Å². The lowest BCUT2D eigenvalue weighted by atomic mass is 10.2. The van der Waals surface area contributed by atoms with E-state index in [0.29, 0.717) is 0 Å². The molecule has 0 fully saturated rings. The first-order chi connectivity index (χ1) is 6.19. The average molecular weight is 199 g/mol. The van der Waals surface area contributed by atoms with E-state index < -0.39 is 0 Å². The third-order valence-electron chi connectivity index (χ3n) is 2.10. The van der Waals surface area contributed by atoms with Crippen molar-refractivity contribution in [3.63, 3.8) is 0 Å². The first-order valence-electron chi connectivity index (χ1n) is 4.49. The van der Waals surface area contributed by atoms with Crippen LogP contribution >= 0.6 is 11.6 Å². The molecule has 1 aromatic carbocycles. The Morgan fingerprint density at radius 2 is 1.92 bits per heavy atom. The molecule has 0 bridgehead atoms. The van der Waals surface area contributed by atoms with Crippen molar-refractivity contribution in [1.29, 1.82) is 0 Å². The van der Waals surface area contributed by atoms with E-state index >= 15 is 0 Å². The highest BCUT2D eigenvalue weighted by Gasteiger charge is 2.05. The maximum Gasteiger partial charge on any atom is 0.0614 e. The van der Waals surface area contributed by atoms with Gasteiger partial charge in [-0.25, -0.2) is 0 Å². The molecule has 0 amide bonds. The molecule has 0 radical (unpaired) electrons. The summed E-state index contributed by atoms with van der Waals surface area (Å²) in [4.78, 5) is 2.18. The molecule has 2 nitrogen and oxygen atoms in total. The molecule has 0 aliphatic rings. The van der Waals surface area contributed by atoms with Crippen molar-refractivity contribution >= 4 is 23.0 Å². The number of rotatable bonds is 3. The van der Waals surface area contributed by atoms with E-state index in [1.807, 2.05) is 18.2 Å². The Morgan fingerprint density at radius 1 is 1.31 bits per heavy atom. The van der Waals surface area contributed by atoms with Crippen LogP contribution in [0.4, 0.5) is 11.4 Å². The van der Waals surface area contributed by atoms with Crippen LogP contribution in [0, 0.1) is 0 Å². The van der Waals surface area contributed by atoms with Gasteiger partial charge in [0.15, 0.2) is 0 Å². The SMILES string of the molecule is CCN(CC)c1cc(Cl)ccc1N. The Morgan fingerprint density at radius 3 is 2.46 bits per heavy atom. The summed E-state index contributed by atoms with van der Waals surface area (Å²) in [5, 5.41) is 0.733. The Hall–Kier alpha value is -0.890. The second-order valence-corrected chi connectivity index (χ2v) is 3.31. The second kappa shape index (κ2) is 4.38. The van der Waals surface area contributed by atoms with E-state index in [4.69, 9.17) is 17.3 Å². The van der Waals surface area contributed by atoms with E-state index in [1.54, 1.807) is 0 Å². The van der Waals surface area contributed by atoms with Crippen LogP contribution in [0.2, 0.25) is 5.02 Å². The van der Waals surface area contributed by atoms with Crippen molar-refractivity contribution in [3.8, 4) is 0 Å². The van der Waals surface area contributed by atoms with Gasteiger partial charge in [0.25, 0.3) is 0 Å². The molecule has 0 spiro atoms. The number of nitrogens with two attached hydrogens (primary N) is 1. The van der Waals surface area contributed by atoms with Crippen molar-refractivity contribution in [2.75, 3.05) is 23.7 Å². The number of anilines is 2. The summed E-state index contributed by atoms with van der Waals surface area (Å²) >= 11 is 5.89. The molecule has 0 unspecified atom stereocenters. The molecular weight excluding hydrogens is 184 g/mol. The topological polar surface area (TPSA) is 29.3 Å². The molecule has 1 aromatic rings. The fourth-order valence-corrected chi connectivity index (χ4v) is 1.52. The molecule has 0 aromatic heterocycles. The normalized spacial score (nSPS) is 10.1. The highest BCUT2D eigenvalue weighted by Crippen LogP contribution is 2.26. The molecule has 0 saturated heterocycles. The van der Waals surface area contributed by atoms with Crippen LogP contribution in [-0.4, -0.2) is 13.1 Å². The maximum atomic E-state index is 5.89. The van der Waals surface area contributed by atoms with Crippen LogP contribution < -0.4 is 10.6 Å². The third-order valence-corrected chi connectivity index (χ3v) is 2.33. The lowest BCUT2D eigenvalue weighted by Crippen LogP contribution is -2.22. The molecule has 0 atom stereocenters. The van der Waals surface area contributed by atoms with E-state index in [9.17, 15) is 0 Å². The van der Waals surface area contributed by atoms with Crippen LogP contribution in [0.1, 0.15) is 13.8 Å². The number of hydrogen-bond donors (Lipinski definition) is 1. The standard InChI is InChI=1S/C10H15ClN2/c1-3-13(4-2)10-7-8(11)5-6-9(10)12/h5-7H,3-4,12H2,1-2H3. The Kier molecular flexibility index (Phi) is 3.43. The zero-order valence-corrected chi connectivity index (χ0v) is 8.80. The zero-order valence-electron chi connectivity index (χ0n) is 8.05.